The van der Waals surface area contributed by atoms with Crippen molar-refractivity contribution < 1.29 is 23.9 Å². The number of carbonyl (C=O) groups is 1. The number of benzene rings is 2. The van der Waals surface area contributed by atoms with Crippen LogP contribution in [0.15, 0.2) is 60.8 Å². The Bertz CT molecular complexity index is 1090. The summed E-state index contributed by atoms with van der Waals surface area (Å²) in [5.74, 6) is 0.472. The van der Waals surface area contributed by atoms with Gasteiger partial charge in [0.2, 0.25) is 0 Å². The van der Waals surface area contributed by atoms with Crippen molar-refractivity contribution in [3.8, 4) is 17.2 Å². The topological polar surface area (TPSA) is 113 Å². The molecule has 1 N–H and O–H groups in total. The summed E-state index contributed by atoms with van der Waals surface area (Å²) in [7, 11) is 1.38. The van der Waals surface area contributed by atoms with Gasteiger partial charge in [0.25, 0.3) is 11.6 Å². The standard InChI is InChI=1S/C23H23N3O6/c1-3-31-22-12-19(20(26(28)29)13-21(22)30-2)23(27)25-14-16-7-6-9-18(11-16)32-15-17-8-4-5-10-24-17/h4-13H,3,14-15H2,1-2H3,(H,25,27). The van der Waals surface area contributed by atoms with Crippen LogP contribution in [0.2, 0.25) is 0 Å². The van der Waals surface area contributed by atoms with Gasteiger partial charge in [-0.3, -0.25) is 19.9 Å². The first-order valence-corrected chi connectivity index (χ1v) is 9.91. The van der Waals surface area contributed by atoms with Gasteiger partial charge in [-0.15, -0.1) is 0 Å². The SMILES string of the molecule is CCOc1cc(C(=O)NCc2cccc(OCc3ccccn3)c2)c([N+](=O)[O-])cc1OC. The fraction of sp³-hybridized carbons (Fsp3) is 0.217. The smallest absolute Gasteiger partial charge is 0.286 e. The second-order valence-corrected chi connectivity index (χ2v) is 6.65. The highest BCUT2D eigenvalue weighted by Gasteiger charge is 2.24. The molecule has 9 heteroatoms. The molecule has 0 atom stereocenters. The molecule has 0 unspecified atom stereocenters. The Kier molecular flexibility index (Phi) is 7.58. The summed E-state index contributed by atoms with van der Waals surface area (Å²) in [5, 5.41) is 14.2. The van der Waals surface area contributed by atoms with Crippen LogP contribution in [-0.4, -0.2) is 29.5 Å². The molecule has 0 aliphatic heterocycles. The zero-order chi connectivity index (χ0) is 22.9. The van der Waals surface area contributed by atoms with E-state index in [-0.39, 0.29) is 29.3 Å². The Hall–Kier alpha value is -4.14. The lowest BCUT2D eigenvalue weighted by Gasteiger charge is -2.12. The van der Waals surface area contributed by atoms with E-state index in [0.717, 1.165) is 11.3 Å². The largest absolute Gasteiger partial charge is 0.493 e. The van der Waals surface area contributed by atoms with Crippen molar-refractivity contribution in [2.24, 2.45) is 0 Å². The average Bonchev–Trinajstić information content (AvgIpc) is 2.82. The van der Waals surface area contributed by atoms with Crippen LogP contribution in [0.3, 0.4) is 0 Å². The van der Waals surface area contributed by atoms with Crippen LogP contribution in [0.5, 0.6) is 17.2 Å². The minimum atomic E-state index is -0.626. The number of nitrogens with zero attached hydrogens (tertiary/aromatic N) is 2. The maximum atomic E-state index is 12.7. The predicted molar refractivity (Wildman–Crippen MR) is 117 cm³/mol. The van der Waals surface area contributed by atoms with Crippen molar-refractivity contribution in [2.75, 3.05) is 13.7 Å². The Morgan fingerprint density at radius 3 is 2.62 bits per heavy atom. The molecular formula is C23H23N3O6. The summed E-state index contributed by atoms with van der Waals surface area (Å²) in [6, 6.07) is 15.3. The van der Waals surface area contributed by atoms with Crippen molar-refractivity contribution in [3.05, 3.63) is 87.7 Å². The molecule has 1 amide bonds. The number of amides is 1. The van der Waals surface area contributed by atoms with Gasteiger partial charge in [0.05, 0.1) is 30.4 Å². The van der Waals surface area contributed by atoms with Gasteiger partial charge in [0.15, 0.2) is 11.5 Å². The van der Waals surface area contributed by atoms with Crippen molar-refractivity contribution in [2.45, 2.75) is 20.1 Å². The highest BCUT2D eigenvalue weighted by atomic mass is 16.6. The molecule has 166 valence electrons. The summed E-state index contributed by atoms with van der Waals surface area (Å²) >= 11 is 0. The van der Waals surface area contributed by atoms with Crippen LogP contribution in [-0.2, 0) is 13.2 Å². The lowest BCUT2D eigenvalue weighted by Crippen LogP contribution is -2.24. The summed E-state index contributed by atoms with van der Waals surface area (Å²) < 4.78 is 16.3. The molecule has 2 aromatic carbocycles. The first-order chi connectivity index (χ1) is 15.5. The number of rotatable bonds is 10. The molecule has 0 radical (unpaired) electrons. The summed E-state index contributed by atoms with van der Waals surface area (Å²) in [6.45, 7) is 2.56. The molecule has 0 saturated carbocycles. The molecule has 32 heavy (non-hydrogen) atoms. The second-order valence-electron chi connectivity index (χ2n) is 6.65. The number of nitro groups is 1. The van der Waals surface area contributed by atoms with E-state index in [1.807, 2.05) is 24.3 Å². The molecule has 0 fully saturated rings. The third-order valence-electron chi connectivity index (χ3n) is 4.49. The summed E-state index contributed by atoms with van der Waals surface area (Å²) in [6.07, 6.45) is 1.69. The van der Waals surface area contributed by atoms with Gasteiger partial charge in [0.1, 0.15) is 17.9 Å². The highest BCUT2D eigenvalue weighted by Crippen LogP contribution is 2.34. The summed E-state index contributed by atoms with van der Waals surface area (Å²) in [5.41, 5.74) is 1.10. The van der Waals surface area contributed by atoms with E-state index in [2.05, 4.69) is 10.3 Å². The van der Waals surface area contributed by atoms with Gasteiger partial charge in [-0.05, 0) is 36.8 Å². The fourth-order valence-corrected chi connectivity index (χ4v) is 2.97. The van der Waals surface area contributed by atoms with Crippen LogP contribution >= 0.6 is 0 Å². The van der Waals surface area contributed by atoms with Crippen molar-refractivity contribution in [1.29, 1.82) is 0 Å². The molecule has 0 aliphatic carbocycles. The van der Waals surface area contributed by atoms with Crippen LogP contribution < -0.4 is 19.5 Å². The minimum absolute atomic E-state index is 0.109. The van der Waals surface area contributed by atoms with Crippen LogP contribution in [0, 0.1) is 10.1 Å². The van der Waals surface area contributed by atoms with Gasteiger partial charge < -0.3 is 19.5 Å². The second kappa shape index (κ2) is 10.8. The number of carbonyl (C=O) groups excluding carboxylic acids is 1. The van der Waals surface area contributed by atoms with Crippen molar-refractivity contribution >= 4 is 11.6 Å². The Morgan fingerprint density at radius 1 is 1.09 bits per heavy atom. The first-order valence-electron chi connectivity index (χ1n) is 9.91. The third kappa shape index (κ3) is 5.72. The van der Waals surface area contributed by atoms with Crippen LogP contribution in [0.1, 0.15) is 28.5 Å². The van der Waals surface area contributed by atoms with Crippen LogP contribution in [0.25, 0.3) is 0 Å². The molecule has 0 spiro atoms. The van der Waals surface area contributed by atoms with Gasteiger partial charge >= 0.3 is 0 Å². The number of ether oxygens (including phenoxy) is 3. The number of pyridine rings is 1. The molecule has 0 aliphatic rings. The molecule has 3 aromatic rings. The number of methoxy groups -OCH3 is 1. The van der Waals surface area contributed by atoms with Crippen molar-refractivity contribution in [3.63, 3.8) is 0 Å². The van der Waals surface area contributed by atoms with Gasteiger partial charge in [-0.2, -0.15) is 0 Å². The van der Waals surface area contributed by atoms with Gasteiger partial charge in [0, 0.05) is 18.8 Å². The zero-order valence-electron chi connectivity index (χ0n) is 17.7. The van der Waals surface area contributed by atoms with Gasteiger partial charge in [-0.1, -0.05) is 18.2 Å². The van der Waals surface area contributed by atoms with E-state index >= 15 is 0 Å². The maximum absolute atomic E-state index is 12.7. The van der Waals surface area contributed by atoms with E-state index in [0.29, 0.717) is 19.0 Å². The summed E-state index contributed by atoms with van der Waals surface area (Å²) in [4.78, 5) is 27.8. The number of aromatic nitrogens is 1. The molecule has 0 saturated heterocycles. The number of nitrogens with one attached hydrogen (secondary N) is 1. The van der Waals surface area contributed by atoms with Gasteiger partial charge in [-0.25, -0.2) is 0 Å². The fourth-order valence-electron chi connectivity index (χ4n) is 2.97. The maximum Gasteiger partial charge on any atom is 0.286 e. The monoisotopic (exact) mass is 437 g/mol. The molecule has 1 aromatic heterocycles. The van der Waals surface area contributed by atoms with E-state index in [4.69, 9.17) is 14.2 Å². The Balaban J connectivity index is 1.71. The minimum Gasteiger partial charge on any atom is -0.493 e. The zero-order valence-corrected chi connectivity index (χ0v) is 17.7. The van der Waals surface area contributed by atoms with Crippen LogP contribution in [0.4, 0.5) is 5.69 Å². The number of hydrogen-bond acceptors (Lipinski definition) is 7. The molecule has 9 nitrogen and oxygen atoms in total. The normalized spacial score (nSPS) is 10.3. The van der Waals surface area contributed by atoms with E-state index < -0.39 is 10.8 Å². The molecule has 3 rings (SSSR count). The molecule has 1 heterocycles. The molecule has 0 bridgehead atoms. The van der Waals surface area contributed by atoms with E-state index in [1.165, 1.54) is 19.2 Å². The Morgan fingerprint density at radius 2 is 1.94 bits per heavy atom. The quantitative estimate of drug-likeness (QED) is 0.378. The highest BCUT2D eigenvalue weighted by molar-refractivity contribution is 5.99. The third-order valence-corrected chi connectivity index (χ3v) is 4.49. The number of hydrogen-bond donors (Lipinski definition) is 1. The lowest BCUT2D eigenvalue weighted by molar-refractivity contribution is -0.385. The number of nitro benzene ring substituents is 1. The van der Waals surface area contributed by atoms with E-state index in [1.54, 1.807) is 31.3 Å². The Labute approximate surface area is 185 Å². The average molecular weight is 437 g/mol. The van der Waals surface area contributed by atoms with E-state index in [9.17, 15) is 14.9 Å². The van der Waals surface area contributed by atoms with Crippen molar-refractivity contribution in [1.82, 2.24) is 10.3 Å². The molecular weight excluding hydrogens is 414 g/mol. The lowest BCUT2D eigenvalue weighted by atomic mass is 10.1. The predicted octanol–water partition coefficient (Wildman–Crippen LogP) is 3.91. The first kappa shape index (κ1) is 22.5.